The number of aryl methyl sites for hydroxylation is 2. The molecule has 1 aliphatic rings. The highest BCUT2D eigenvalue weighted by atomic mass is 16.5. The van der Waals surface area contributed by atoms with Gasteiger partial charge in [0.05, 0.1) is 28.9 Å². The molecule has 0 fully saturated rings. The van der Waals surface area contributed by atoms with E-state index in [1.807, 2.05) is 37.3 Å². The van der Waals surface area contributed by atoms with Crippen LogP contribution < -0.4 is 11.2 Å². The number of aromatic hydroxyl groups is 1. The molecule has 158 valence electrons. The number of benzene rings is 2. The van der Waals surface area contributed by atoms with Crippen molar-refractivity contribution >= 4 is 10.9 Å². The number of nitrogens with zero attached hydrogens (tertiary/aromatic N) is 3. The fourth-order valence-electron chi connectivity index (χ4n) is 4.61. The second kappa shape index (κ2) is 6.99. The smallest absolute Gasteiger partial charge is 0.331 e. The van der Waals surface area contributed by atoms with Gasteiger partial charge in [0.2, 0.25) is 0 Å². The van der Waals surface area contributed by atoms with Gasteiger partial charge >= 0.3 is 5.69 Å². The molecule has 0 aliphatic carbocycles. The van der Waals surface area contributed by atoms with Crippen LogP contribution in [-0.4, -0.2) is 25.4 Å². The van der Waals surface area contributed by atoms with Crippen molar-refractivity contribution in [3.63, 3.8) is 0 Å². The number of hydrogen-bond acceptors (Lipinski definition) is 4. The van der Waals surface area contributed by atoms with E-state index in [0.29, 0.717) is 24.1 Å². The lowest BCUT2D eigenvalue weighted by Gasteiger charge is -2.27. The van der Waals surface area contributed by atoms with Crippen LogP contribution in [0.25, 0.3) is 22.2 Å². The van der Waals surface area contributed by atoms with Gasteiger partial charge in [0.15, 0.2) is 0 Å². The van der Waals surface area contributed by atoms with E-state index in [-0.39, 0.29) is 17.0 Å². The molecule has 31 heavy (non-hydrogen) atoms. The summed E-state index contributed by atoms with van der Waals surface area (Å²) < 4.78 is 10.9. The standard InChI is InChI=1S/C24H23N3O4/c1-14-6-4-7-15(12-14)19-18-20(25(2)24(30)26(3)23(18)29)21-22(31-11-10-27(19)21)16-8-5-9-17(28)13-16/h4-9,12-13,22,28H,10-11H2,1-3H3/t22-/m0/s1. The molecule has 0 radical (unpaired) electrons. The molecule has 0 saturated heterocycles. The molecule has 2 aromatic heterocycles. The lowest BCUT2D eigenvalue weighted by molar-refractivity contribution is 0.0477. The van der Waals surface area contributed by atoms with Gasteiger partial charge in [0.1, 0.15) is 11.9 Å². The Bertz CT molecular complexity index is 1460. The Morgan fingerprint density at radius 2 is 1.81 bits per heavy atom. The van der Waals surface area contributed by atoms with E-state index in [4.69, 9.17) is 4.74 Å². The van der Waals surface area contributed by atoms with Crippen LogP contribution in [0.2, 0.25) is 0 Å². The van der Waals surface area contributed by atoms with Gasteiger partial charge in [-0.15, -0.1) is 0 Å². The monoisotopic (exact) mass is 417 g/mol. The van der Waals surface area contributed by atoms with E-state index in [1.54, 1.807) is 25.2 Å². The maximum absolute atomic E-state index is 13.4. The minimum absolute atomic E-state index is 0.137. The van der Waals surface area contributed by atoms with Crippen molar-refractivity contribution in [1.29, 1.82) is 0 Å². The lowest BCUT2D eigenvalue weighted by Crippen LogP contribution is -2.37. The summed E-state index contributed by atoms with van der Waals surface area (Å²) in [6.45, 7) is 3.01. The molecule has 0 bridgehead atoms. The molecule has 0 amide bonds. The number of phenolic OH excluding ortho intramolecular Hbond substituents is 1. The van der Waals surface area contributed by atoms with Gasteiger partial charge in [-0.1, -0.05) is 35.9 Å². The van der Waals surface area contributed by atoms with Crippen molar-refractivity contribution in [3.8, 4) is 17.0 Å². The van der Waals surface area contributed by atoms with Crippen LogP contribution in [0.4, 0.5) is 0 Å². The van der Waals surface area contributed by atoms with E-state index < -0.39 is 6.10 Å². The zero-order valence-electron chi connectivity index (χ0n) is 17.6. The first-order chi connectivity index (χ1) is 14.9. The summed E-state index contributed by atoms with van der Waals surface area (Å²) in [7, 11) is 3.18. The van der Waals surface area contributed by atoms with Crippen LogP contribution in [0.3, 0.4) is 0 Å². The zero-order chi connectivity index (χ0) is 21.9. The van der Waals surface area contributed by atoms with E-state index in [9.17, 15) is 14.7 Å². The van der Waals surface area contributed by atoms with Crippen LogP contribution in [0, 0.1) is 6.92 Å². The fraction of sp³-hybridized carbons (Fsp3) is 0.250. The summed E-state index contributed by atoms with van der Waals surface area (Å²) in [5.41, 5.74) is 4.16. The molecule has 4 aromatic rings. The molecule has 1 atom stereocenters. The predicted octanol–water partition coefficient (Wildman–Crippen LogP) is 2.84. The summed E-state index contributed by atoms with van der Waals surface area (Å²) in [5.74, 6) is 0.137. The number of hydrogen-bond donors (Lipinski definition) is 1. The quantitative estimate of drug-likeness (QED) is 0.544. The first kappa shape index (κ1) is 19.4. The predicted molar refractivity (Wildman–Crippen MR) is 118 cm³/mol. The number of ether oxygens (including phenoxy) is 1. The van der Waals surface area contributed by atoms with Gasteiger partial charge in [0.25, 0.3) is 5.56 Å². The van der Waals surface area contributed by atoms with E-state index in [0.717, 1.165) is 32.6 Å². The maximum Gasteiger partial charge on any atom is 0.331 e. The largest absolute Gasteiger partial charge is 0.508 e. The van der Waals surface area contributed by atoms with Crippen LogP contribution in [-0.2, 0) is 25.4 Å². The second-order valence-corrected chi connectivity index (χ2v) is 8.03. The van der Waals surface area contributed by atoms with Crippen molar-refractivity contribution in [2.75, 3.05) is 6.61 Å². The van der Waals surface area contributed by atoms with Gasteiger partial charge in [-0.3, -0.25) is 13.9 Å². The molecule has 0 saturated carbocycles. The molecular formula is C24H23N3O4. The highest BCUT2D eigenvalue weighted by molar-refractivity contribution is 5.96. The van der Waals surface area contributed by atoms with Crippen molar-refractivity contribution in [3.05, 3.63) is 86.2 Å². The molecule has 7 heteroatoms. The van der Waals surface area contributed by atoms with E-state index in [1.165, 1.54) is 11.6 Å². The Labute approximate surface area is 178 Å². The topological polar surface area (TPSA) is 78.4 Å². The first-order valence-electron chi connectivity index (χ1n) is 10.2. The van der Waals surface area contributed by atoms with Gasteiger partial charge in [0, 0.05) is 20.6 Å². The van der Waals surface area contributed by atoms with Gasteiger partial charge in [-0.05, 0) is 36.2 Å². The molecule has 0 spiro atoms. The van der Waals surface area contributed by atoms with Gasteiger partial charge in [-0.25, -0.2) is 4.79 Å². The number of aromatic nitrogens is 3. The summed E-state index contributed by atoms with van der Waals surface area (Å²) >= 11 is 0. The van der Waals surface area contributed by atoms with Crippen molar-refractivity contribution in [1.82, 2.24) is 13.7 Å². The van der Waals surface area contributed by atoms with Crippen LogP contribution in [0.5, 0.6) is 5.75 Å². The van der Waals surface area contributed by atoms with Crippen LogP contribution in [0.15, 0.2) is 58.1 Å². The summed E-state index contributed by atoms with van der Waals surface area (Å²) in [5, 5.41) is 10.5. The SMILES string of the molecule is Cc1cccc(-c2c3c(=O)n(C)c(=O)n(C)c3c3n2CCO[C@H]3c2cccc(O)c2)c1. The number of fused-ring (bicyclic) bond motifs is 3. The Hall–Kier alpha value is -3.58. The molecule has 7 nitrogen and oxygen atoms in total. The molecule has 5 rings (SSSR count). The summed E-state index contributed by atoms with van der Waals surface area (Å²) in [6, 6.07) is 14.9. The van der Waals surface area contributed by atoms with Gasteiger partial charge in [-0.2, -0.15) is 0 Å². The van der Waals surface area contributed by atoms with E-state index >= 15 is 0 Å². The Kier molecular flexibility index (Phi) is 4.37. The molecule has 2 aromatic carbocycles. The maximum atomic E-state index is 13.4. The number of phenols is 1. The second-order valence-electron chi connectivity index (χ2n) is 8.03. The summed E-state index contributed by atoms with van der Waals surface area (Å²) in [4.78, 5) is 26.2. The molecule has 3 heterocycles. The normalized spacial score (nSPS) is 15.9. The molecular weight excluding hydrogens is 394 g/mol. The highest BCUT2D eigenvalue weighted by Gasteiger charge is 2.33. The van der Waals surface area contributed by atoms with Gasteiger partial charge < -0.3 is 14.4 Å². The Balaban J connectivity index is 1.96. The van der Waals surface area contributed by atoms with Crippen molar-refractivity contribution in [2.45, 2.75) is 19.6 Å². The summed E-state index contributed by atoms with van der Waals surface area (Å²) in [6.07, 6.45) is -0.514. The minimum atomic E-state index is -0.514. The molecule has 1 N–H and O–H groups in total. The lowest BCUT2D eigenvalue weighted by atomic mass is 10.0. The Morgan fingerprint density at radius 3 is 2.55 bits per heavy atom. The zero-order valence-corrected chi connectivity index (χ0v) is 17.6. The van der Waals surface area contributed by atoms with Crippen LogP contribution >= 0.6 is 0 Å². The fourth-order valence-corrected chi connectivity index (χ4v) is 4.61. The molecule has 0 unspecified atom stereocenters. The Morgan fingerprint density at radius 1 is 1.03 bits per heavy atom. The third-order valence-electron chi connectivity index (χ3n) is 6.02. The third-order valence-corrected chi connectivity index (χ3v) is 6.02. The minimum Gasteiger partial charge on any atom is -0.508 e. The van der Waals surface area contributed by atoms with E-state index in [2.05, 4.69) is 4.57 Å². The van der Waals surface area contributed by atoms with Crippen LogP contribution in [0.1, 0.15) is 22.9 Å². The average Bonchev–Trinajstić information content (AvgIpc) is 3.11. The van der Waals surface area contributed by atoms with Crippen molar-refractivity contribution < 1.29 is 9.84 Å². The molecule has 1 aliphatic heterocycles. The highest BCUT2D eigenvalue weighted by Crippen LogP contribution is 2.41. The first-order valence-corrected chi connectivity index (χ1v) is 10.2. The third kappa shape index (κ3) is 2.84. The number of rotatable bonds is 2. The van der Waals surface area contributed by atoms with Crippen molar-refractivity contribution in [2.24, 2.45) is 14.1 Å². The average molecular weight is 417 g/mol.